The zero-order chi connectivity index (χ0) is 12.4. The van der Waals surface area contributed by atoms with Gasteiger partial charge in [0.1, 0.15) is 11.8 Å². The monoisotopic (exact) mass is 235 g/mol. The lowest BCUT2D eigenvalue weighted by Crippen LogP contribution is -2.39. The van der Waals surface area contributed by atoms with Gasteiger partial charge in [-0.2, -0.15) is 0 Å². The van der Waals surface area contributed by atoms with Gasteiger partial charge in [-0.15, -0.1) is 0 Å². The zero-order valence-electron chi connectivity index (χ0n) is 9.76. The predicted octanol–water partition coefficient (Wildman–Crippen LogP) is 1.91. The van der Waals surface area contributed by atoms with Crippen molar-refractivity contribution in [3.05, 3.63) is 29.8 Å². The first-order valence-corrected chi connectivity index (χ1v) is 5.85. The maximum absolute atomic E-state index is 11.1. The number of hydrogen-bond acceptors (Lipinski definition) is 3. The minimum atomic E-state index is -0.792. The van der Waals surface area contributed by atoms with Gasteiger partial charge in [-0.1, -0.05) is 12.1 Å². The van der Waals surface area contributed by atoms with Crippen LogP contribution in [0.2, 0.25) is 0 Å². The van der Waals surface area contributed by atoms with Crippen LogP contribution < -0.4 is 5.32 Å². The number of aliphatic carboxylic acids is 1. The Morgan fingerprint density at radius 3 is 2.71 bits per heavy atom. The summed E-state index contributed by atoms with van der Waals surface area (Å²) in [5.41, 5.74) is 0.900. The lowest BCUT2D eigenvalue weighted by Gasteiger charge is -2.20. The highest BCUT2D eigenvalue weighted by molar-refractivity contribution is 5.74. The zero-order valence-corrected chi connectivity index (χ0v) is 9.76. The Morgan fingerprint density at radius 1 is 1.47 bits per heavy atom. The van der Waals surface area contributed by atoms with Crippen LogP contribution in [0, 0.1) is 5.92 Å². The summed E-state index contributed by atoms with van der Waals surface area (Å²) in [5, 5.41) is 21.6. The van der Waals surface area contributed by atoms with E-state index in [-0.39, 0.29) is 17.7 Å². The Kier molecular flexibility index (Phi) is 3.33. The first-order chi connectivity index (χ1) is 8.08. The molecule has 1 aliphatic rings. The molecule has 0 saturated heterocycles. The third-order valence-corrected chi connectivity index (χ3v) is 3.16. The van der Waals surface area contributed by atoms with Crippen LogP contribution in [0.1, 0.15) is 31.4 Å². The molecule has 4 nitrogen and oxygen atoms in total. The molecule has 0 spiro atoms. The number of rotatable bonds is 5. The van der Waals surface area contributed by atoms with Gasteiger partial charge in [0.25, 0.3) is 0 Å². The van der Waals surface area contributed by atoms with E-state index in [0.717, 1.165) is 18.4 Å². The summed E-state index contributed by atoms with van der Waals surface area (Å²) in [6.07, 6.45) is 1.97. The van der Waals surface area contributed by atoms with E-state index in [4.69, 9.17) is 5.11 Å². The maximum atomic E-state index is 11.1. The van der Waals surface area contributed by atoms with Crippen molar-refractivity contribution in [3.63, 3.8) is 0 Å². The summed E-state index contributed by atoms with van der Waals surface area (Å²) < 4.78 is 0. The molecular formula is C13H17NO3. The number of nitrogens with one attached hydrogen (secondary N) is 1. The SMILES string of the molecule is CC(NC(C(=O)O)C1CC1)c1cccc(O)c1. The van der Waals surface area contributed by atoms with E-state index in [1.807, 2.05) is 13.0 Å². The van der Waals surface area contributed by atoms with Gasteiger partial charge < -0.3 is 10.2 Å². The van der Waals surface area contributed by atoms with E-state index in [2.05, 4.69) is 5.32 Å². The van der Waals surface area contributed by atoms with Gasteiger partial charge in [0.05, 0.1) is 0 Å². The highest BCUT2D eigenvalue weighted by Gasteiger charge is 2.36. The van der Waals surface area contributed by atoms with Crippen molar-refractivity contribution in [1.29, 1.82) is 0 Å². The van der Waals surface area contributed by atoms with Crippen LogP contribution in [0.4, 0.5) is 0 Å². The topological polar surface area (TPSA) is 69.6 Å². The molecule has 1 aliphatic carbocycles. The van der Waals surface area contributed by atoms with Crippen molar-refractivity contribution in [3.8, 4) is 5.75 Å². The number of carboxylic acid groups (broad SMARTS) is 1. The molecule has 1 aromatic rings. The normalized spacial score (nSPS) is 18.6. The molecule has 2 unspecified atom stereocenters. The van der Waals surface area contributed by atoms with Crippen LogP contribution >= 0.6 is 0 Å². The highest BCUT2D eigenvalue weighted by Crippen LogP contribution is 2.34. The van der Waals surface area contributed by atoms with Crippen LogP contribution in [0.5, 0.6) is 5.75 Å². The number of aromatic hydroxyl groups is 1. The predicted molar refractivity (Wildman–Crippen MR) is 63.8 cm³/mol. The number of carboxylic acids is 1. The smallest absolute Gasteiger partial charge is 0.320 e. The Balaban J connectivity index is 2.04. The second kappa shape index (κ2) is 4.75. The lowest BCUT2D eigenvalue weighted by atomic mass is 10.1. The van der Waals surface area contributed by atoms with Crippen molar-refractivity contribution in [2.45, 2.75) is 31.8 Å². The molecule has 0 radical (unpaired) electrons. The van der Waals surface area contributed by atoms with Crippen LogP contribution in [-0.2, 0) is 4.79 Å². The molecule has 0 aliphatic heterocycles. The Bertz CT molecular complexity index is 415. The Labute approximate surface area is 100 Å². The third kappa shape index (κ3) is 2.97. The van der Waals surface area contributed by atoms with Gasteiger partial charge in [-0.05, 0) is 43.4 Å². The van der Waals surface area contributed by atoms with Crippen LogP contribution in [0.15, 0.2) is 24.3 Å². The third-order valence-electron chi connectivity index (χ3n) is 3.16. The van der Waals surface area contributed by atoms with Crippen LogP contribution in [-0.4, -0.2) is 22.2 Å². The quantitative estimate of drug-likeness (QED) is 0.729. The molecule has 0 aromatic heterocycles. The van der Waals surface area contributed by atoms with E-state index in [0.29, 0.717) is 0 Å². The van der Waals surface area contributed by atoms with Crippen molar-refractivity contribution >= 4 is 5.97 Å². The molecule has 17 heavy (non-hydrogen) atoms. The summed E-state index contributed by atoms with van der Waals surface area (Å²) in [5.74, 6) is -0.332. The average Bonchev–Trinajstić information content (AvgIpc) is 3.09. The molecule has 2 rings (SSSR count). The first kappa shape index (κ1) is 11.9. The Hall–Kier alpha value is -1.55. The fourth-order valence-electron chi connectivity index (χ4n) is 2.00. The van der Waals surface area contributed by atoms with Gasteiger partial charge in [0.2, 0.25) is 0 Å². The van der Waals surface area contributed by atoms with Gasteiger partial charge in [0, 0.05) is 6.04 Å². The van der Waals surface area contributed by atoms with E-state index < -0.39 is 12.0 Å². The number of hydrogen-bond donors (Lipinski definition) is 3. The van der Waals surface area contributed by atoms with Crippen LogP contribution in [0.3, 0.4) is 0 Å². The van der Waals surface area contributed by atoms with Gasteiger partial charge >= 0.3 is 5.97 Å². The molecule has 1 saturated carbocycles. The standard InChI is InChI=1S/C13H17NO3/c1-8(10-3-2-4-11(15)7-10)14-12(13(16)17)9-5-6-9/h2-4,7-9,12,14-15H,5-6H2,1H3,(H,16,17). The minimum Gasteiger partial charge on any atom is -0.508 e. The molecule has 1 fully saturated rings. The molecule has 0 heterocycles. The van der Waals surface area contributed by atoms with E-state index in [1.165, 1.54) is 0 Å². The van der Waals surface area contributed by atoms with Gasteiger partial charge in [-0.3, -0.25) is 10.1 Å². The van der Waals surface area contributed by atoms with E-state index in [9.17, 15) is 9.90 Å². The molecule has 4 heteroatoms. The summed E-state index contributed by atoms with van der Waals surface area (Å²) in [6.45, 7) is 1.91. The number of phenols is 1. The average molecular weight is 235 g/mol. The van der Waals surface area contributed by atoms with E-state index in [1.54, 1.807) is 18.2 Å². The second-order valence-corrected chi connectivity index (χ2v) is 4.64. The molecule has 0 amide bonds. The Morgan fingerprint density at radius 2 is 2.18 bits per heavy atom. The first-order valence-electron chi connectivity index (χ1n) is 5.85. The number of benzene rings is 1. The molecule has 92 valence electrons. The molecule has 3 N–H and O–H groups in total. The fraction of sp³-hybridized carbons (Fsp3) is 0.462. The van der Waals surface area contributed by atoms with Crippen molar-refractivity contribution in [2.24, 2.45) is 5.92 Å². The van der Waals surface area contributed by atoms with Crippen molar-refractivity contribution in [2.75, 3.05) is 0 Å². The maximum Gasteiger partial charge on any atom is 0.320 e. The van der Waals surface area contributed by atoms with Crippen molar-refractivity contribution in [1.82, 2.24) is 5.32 Å². The van der Waals surface area contributed by atoms with Gasteiger partial charge in [0.15, 0.2) is 0 Å². The molecule has 1 aromatic carbocycles. The van der Waals surface area contributed by atoms with Crippen molar-refractivity contribution < 1.29 is 15.0 Å². The number of phenolic OH excluding ortho intramolecular Hbond substituents is 1. The molecular weight excluding hydrogens is 218 g/mol. The summed E-state index contributed by atoms with van der Waals surface area (Å²) in [7, 11) is 0. The summed E-state index contributed by atoms with van der Waals surface area (Å²) >= 11 is 0. The largest absolute Gasteiger partial charge is 0.508 e. The lowest BCUT2D eigenvalue weighted by molar-refractivity contribution is -0.140. The van der Waals surface area contributed by atoms with Crippen LogP contribution in [0.25, 0.3) is 0 Å². The second-order valence-electron chi connectivity index (χ2n) is 4.64. The fourth-order valence-corrected chi connectivity index (χ4v) is 2.00. The summed E-state index contributed by atoms with van der Waals surface area (Å²) in [6, 6.07) is 6.34. The van der Waals surface area contributed by atoms with E-state index >= 15 is 0 Å². The van der Waals surface area contributed by atoms with Gasteiger partial charge in [-0.25, -0.2) is 0 Å². The molecule has 2 atom stereocenters. The highest BCUT2D eigenvalue weighted by atomic mass is 16.4. The summed E-state index contributed by atoms with van der Waals surface area (Å²) in [4.78, 5) is 11.1. The molecule has 0 bridgehead atoms. The minimum absolute atomic E-state index is 0.0798. The number of carbonyl (C=O) groups is 1.